The maximum Gasteiger partial charge on any atom is 0.311 e. The third-order valence-corrected chi connectivity index (χ3v) is 5.81. The number of hydrogen-bond acceptors (Lipinski definition) is 5. The Hall–Kier alpha value is -2.87. The lowest BCUT2D eigenvalue weighted by Crippen LogP contribution is -2.28. The molecule has 8 heteroatoms. The van der Waals surface area contributed by atoms with Crippen molar-refractivity contribution in [2.75, 3.05) is 30.5 Å². The van der Waals surface area contributed by atoms with E-state index in [0.29, 0.717) is 17.1 Å². The Kier molecular flexibility index (Phi) is 6.77. The van der Waals surface area contributed by atoms with Crippen molar-refractivity contribution < 1.29 is 23.9 Å². The number of methoxy groups -OCH3 is 1. The molecule has 7 nitrogen and oxygen atoms in total. The predicted molar refractivity (Wildman–Crippen MR) is 117 cm³/mol. The number of carbonyl (C=O) groups excluding carboxylic acids is 3. The lowest BCUT2D eigenvalue weighted by molar-refractivity contribution is -0.151. The molecule has 3 rings (SSSR count). The standard InChI is InChI=1S/C22H23BrN2O5/c1-13-9-17(14(2)8-16(13)23)24-20(26)12-30-22(28)15-10-21(27)25(11-15)18-6-4-5-7-19(18)29-3/h4-9,15H,10-12H2,1-3H3,(H,24,26)/t15-/m0/s1. The van der Waals surface area contributed by atoms with E-state index in [4.69, 9.17) is 9.47 Å². The first kappa shape index (κ1) is 21.8. The molecule has 1 aliphatic rings. The molecule has 30 heavy (non-hydrogen) atoms. The van der Waals surface area contributed by atoms with Crippen molar-refractivity contribution >= 4 is 45.1 Å². The number of hydrogen-bond donors (Lipinski definition) is 1. The molecule has 0 saturated carbocycles. The van der Waals surface area contributed by atoms with Gasteiger partial charge in [0.15, 0.2) is 6.61 Å². The molecular formula is C22H23BrN2O5. The van der Waals surface area contributed by atoms with E-state index < -0.39 is 24.4 Å². The molecule has 0 bridgehead atoms. The monoisotopic (exact) mass is 474 g/mol. The van der Waals surface area contributed by atoms with E-state index in [-0.39, 0.29) is 18.9 Å². The van der Waals surface area contributed by atoms with Gasteiger partial charge >= 0.3 is 5.97 Å². The number of rotatable bonds is 6. The molecule has 0 aromatic heterocycles. The number of nitrogens with one attached hydrogen (secondary N) is 1. The largest absolute Gasteiger partial charge is 0.495 e. The third kappa shape index (κ3) is 4.81. The van der Waals surface area contributed by atoms with E-state index in [1.54, 1.807) is 18.2 Å². The average molecular weight is 475 g/mol. The van der Waals surface area contributed by atoms with Crippen LogP contribution >= 0.6 is 15.9 Å². The molecule has 158 valence electrons. The van der Waals surface area contributed by atoms with Gasteiger partial charge in [0.05, 0.1) is 18.7 Å². The molecule has 1 N–H and O–H groups in total. The summed E-state index contributed by atoms with van der Waals surface area (Å²) in [7, 11) is 1.53. The highest BCUT2D eigenvalue weighted by Crippen LogP contribution is 2.33. The van der Waals surface area contributed by atoms with Crippen LogP contribution in [0.15, 0.2) is 40.9 Å². The topological polar surface area (TPSA) is 84.9 Å². The van der Waals surface area contributed by atoms with E-state index in [2.05, 4.69) is 21.2 Å². The number of aryl methyl sites for hydroxylation is 2. The summed E-state index contributed by atoms with van der Waals surface area (Å²) in [5, 5.41) is 2.75. The Morgan fingerprint density at radius 2 is 1.93 bits per heavy atom. The summed E-state index contributed by atoms with van der Waals surface area (Å²) >= 11 is 3.45. The van der Waals surface area contributed by atoms with Gasteiger partial charge in [-0.2, -0.15) is 0 Å². The average Bonchev–Trinajstić information content (AvgIpc) is 3.11. The fourth-order valence-corrected chi connectivity index (χ4v) is 3.77. The minimum Gasteiger partial charge on any atom is -0.495 e. The van der Waals surface area contributed by atoms with Crippen LogP contribution < -0.4 is 15.0 Å². The number of benzene rings is 2. The van der Waals surface area contributed by atoms with Crippen LogP contribution in [0.2, 0.25) is 0 Å². The van der Waals surface area contributed by atoms with Gasteiger partial charge in [-0.25, -0.2) is 0 Å². The maximum absolute atomic E-state index is 12.4. The van der Waals surface area contributed by atoms with Crippen LogP contribution in [0.5, 0.6) is 5.75 Å². The number of anilines is 2. The fourth-order valence-electron chi connectivity index (χ4n) is 3.31. The second-order valence-electron chi connectivity index (χ2n) is 7.15. The Morgan fingerprint density at radius 1 is 1.20 bits per heavy atom. The van der Waals surface area contributed by atoms with Gasteiger partial charge in [0.1, 0.15) is 5.75 Å². The molecule has 0 spiro atoms. The molecule has 0 aliphatic carbocycles. The van der Waals surface area contributed by atoms with Gasteiger partial charge in [-0.3, -0.25) is 14.4 Å². The molecule has 1 fully saturated rings. The van der Waals surface area contributed by atoms with Gasteiger partial charge in [0.2, 0.25) is 5.91 Å². The number of ether oxygens (including phenoxy) is 2. The zero-order valence-corrected chi connectivity index (χ0v) is 18.6. The Labute approximate surface area is 183 Å². The first-order valence-electron chi connectivity index (χ1n) is 9.46. The minimum absolute atomic E-state index is 0.0313. The Morgan fingerprint density at radius 3 is 2.67 bits per heavy atom. The molecule has 2 aromatic rings. The maximum atomic E-state index is 12.4. The number of nitrogens with zero attached hydrogens (tertiary/aromatic N) is 1. The highest BCUT2D eigenvalue weighted by atomic mass is 79.9. The molecule has 0 radical (unpaired) electrons. The summed E-state index contributed by atoms with van der Waals surface area (Å²) in [5.41, 5.74) is 3.14. The van der Waals surface area contributed by atoms with Crippen LogP contribution in [0.3, 0.4) is 0 Å². The van der Waals surface area contributed by atoms with E-state index in [9.17, 15) is 14.4 Å². The molecule has 1 atom stereocenters. The quantitative estimate of drug-likeness (QED) is 0.646. The van der Waals surface area contributed by atoms with Gasteiger partial charge in [0.25, 0.3) is 5.91 Å². The summed E-state index contributed by atoms with van der Waals surface area (Å²) in [6.45, 7) is 3.57. The normalized spacial score (nSPS) is 15.8. The molecular weight excluding hydrogens is 452 g/mol. The molecule has 1 heterocycles. The zero-order valence-electron chi connectivity index (χ0n) is 17.0. The SMILES string of the molecule is COc1ccccc1N1C[C@@H](C(=O)OCC(=O)Nc2cc(C)c(Br)cc2C)CC1=O. The minimum atomic E-state index is -0.633. The summed E-state index contributed by atoms with van der Waals surface area (Å²) in [6, 6.07) is 10.9. The third-order valence-electron chi connectivity index (χ3n) is 4.96. The molecule has 0 unspecified atom stereocenters. The number of halogens is 1. The van der Waals surface area contributed by atoms with Crippen LogP contribution in [-0.4, -0.2) is 38.0 Å². The van der Waals surface area contributed by atoms with Crippen LogP contribution in [0.25, 0.3) is 0 Å². The van der Waals surface area contributed by atoms with Crippen LogP contribution in [0, 0.1) is 19.8 Å². The smallest absolute Gasteiger partial charge is 0.311 e. The van der Waals surface area contributed by atoms with Gasteiger partial charge in [-0.05, 0) is 49.2 Å². The van der Waals surface area contributed by atoms with Crippen LogP contribution in [-0.2, 0) is 19.1 Å². The highest BCUT2D eigenvalue weighted by Gasteiger charge is 2.37. The van der Waals surface area contributed by atoms with Crippen molar-refractivity contribution in [1.29, 1.82) is 0 Å². The summed E-state index contributed by atoms with van der Waals surface area (Å²) in [4.78, 5) is 38.6. The molecule has 2 amide bonds. The first-order chi connectivity index (χ1) is 14.3. The second-order valence-corrected chi connectivity index (χ2v) is 8.00. The van der Waals surface area contributed by atoms with Crippen molar-refractivity contribution in [3.05, 3.63) is 52.0 Å². The molecule has 1 aliphatic heterocycles. The Balaban J connectivity index is 1.57. The summed E-state index contributed by atoms with van der Waals surface area (Å²) in [6.07, 6.45) is 0.0313. The first-order valence-corrected chi connectivity index (χ1v) is 10.3. The molecule has 1 saturated heterocycles. The second kappa shape index (κ2) is 9.30. The van der Waals surface area contributed by atoms with Crippen molar-refractivity contribution in [2.24, 2.45) is 5.92 Å². The van der Waals surface area contributed by atoms with Crippen molar-refractivity contribution in [3.63, 3.8) is 0 Å². The zero-order chi connectivity index (χ0) is 21.8. The van der Waals surface area contributed by atoms with Crippen molar-refractivity contribution in [1.82, 2.24) is 0 Å². The lowest BCUT2D eigenvalue weighted by atomic mass is 10.1. The number of amides is 2. The van der Waals surface area contributed by atoms with Crippen molar-refractivity contribution in [3.8, 4) is 5.75 Å². The Bertz CT molecular complexity index is 991. The van der Waals surface area contributed by atoms with E-state index in [1.807, 2.05) is 32.0 Å². The highest BCUT2D eigenvalue weighted by molar-refractivity contribution is 9.10. The van der Waals surface area contributed by atoms with Gasteiger partial charge < -0.3 is 19.7 Å². The van der Waals surface area contributed by atoms with E-state index >= 15 is 0 Å². The summed E-state index contributed by atoms with van der Waals surface area (Å²) in [5.74, 6) is -1.27. The van der Waals surface area contributed by atoms with E-state index in [0.717, 1.165) is 15.6 Å². The van der Waals surface area contributed by atoms with E-state index in [1.165, 1.54) is 12.0 Å². The fraction of sp³-hybridized carbons (Fsp3) is 0.318. The number of carbonyl (C=O) groups is 3. The van der Waals surface area contributed by atoms with Crippen LogP contribution in [0.4, 0.5) is 11.4 Å². The lowest BCUT2D eigenvalue weighted by Gasteiger charge is -2.19. The summed E-state index contributed by atoms with van der Waals surface area (Å²) < 4.78 is 11.4. The van der Waals surface area contributed by atoms with Crippen molar-refractivity contribution in [2.45, 2.75) is 20.3 Å². The predicted octanol–water partition coefficient (Wildman–Crippen LogP) is 3.61. The van der Waals surface area contributed by atoms with Gasteiger partial charge in [-0.15, -0.1) is 0 Å². The number of para-hydroxylation sites is 2. The molecule has 2 aromatic carbocycles. The van der Waals surface area contributed by atoms with Crippen LogP contribution in [0.1, 0.15) is 17.5 Å². The number of esters is 1. The van der Waals surface area contributed by atoms with Gasteiger partial charge in [-0.1, -0.05) is 28.1 Å². The van der Waals surface area contributed by atoms with Gasteiger partial charge in [0, 0.05) is 23.1 Å².